The van der Waals surface area contributed by atoms with Crippen molar-refractivity contribution in [1.29, 1.82) is 0 Å². The minimum atomic E-state index is -0.519. The predicted octanol–water partition coefficient (Wildman–Crippen LogP) is 3.14. The first kappa shape index (κ1) is 16.9. The minimum Gasteiger partial charge on any atom is -0.320 e. The van der Waals surface area contributed by atoms with Crippen molar-refractivity contribution in [3.8, 4) is 0 Å². The Kier molecular flexibility index (Phi) is 6.35. The Morgan fingerprint density at radius 2 is 2.09 bits per heavy atom. The van der Waals surface area contributed by atoms with Crippen LogP contribution in [0.4, 0.5) is 5.13 Å². The zero-order valence-corrected chi connectivity index (χ0v) is 14.3. The van der Waals surface area contributed by atoms with Gasteiger partial charge in [0.05, 0.1) is 6.04 Å². The Labute approximate surface area is 138 Å². The highest BCUT2D eigenvalue weighted by molar-refractivity contribution is 8.00. The van der Waals surface area contributed by atoms with Crippen LogP contribution in [0.2, 0.25) is 0 Å². The van der Waals surface area contributed by atoms with E-state index < -0.39 is 6.04 Å². The van der Waals surface area contributed by atoms with Gasteiger partial charge in [-0.3, -0.25) is 10.1 Å². The highest BCUT2D eigenvalue weighted by Gasteiger charge is 2.20. The third-order valence-electron chi connectivity index (χ3n) is 3.40. The summed E-state index contributed by atoms with van der Waals surface area (Å²) in [5.74, 6) is 0.764. The SMILES string of the molecule is CCC(C)C(N)C(=O)Nc1nnc(SCc2ccccc2)s1. The third kappa shape index (κ3) is 4.79. The molecule has 0 bridgehead atoms. The van der Waals surface area contributed by atoms with Crippen LogP contribution < -0.4 is 11.1 Å². The molecule has 0 aliphatic carbocycles. The summed E-state index contributed by atoms with van der Waals surface area (Å²) < 4.78 is 0.830. The molecule has 1 amide bonds. The van der Waals surface area contributed by atoms with Gasteiger partial charge in [-0.2, -0.15) is 0 Å². The Balaban J connectivity index is 1.87. The lowest BCUT2D eigenvalue weighted by atomic mass is 10.00. The molecule has 0 aliphatic heterocycles. The monoisotopic (exact) mass is 336 g/mol. The van der Waals surface area contributed by atoms with Crippen molar-refractivity contribution in [2.45, 2.75) is 36.4 Å². The van der Waals surface area contributed by atoms with Crippen molar-refractivity contribution < 1.29 is 4.79 Å². The molecule has 0 saturated carbocycles. The fourth-order valence-electron chi connectivity index (χ4n) is 1.74. The lowest BCUT2D eigenvalue weighted by molar-refractivity contribution is -0.118. The summed E-state index contributed by atoms with van der Waals surface area (Å²) >= 11 is 2.97. The highest BCUT2D eigenvalue weighted by atomic mass is 32.2. The second-order valence-electron chi connectivity index (χ2n) is 5.05. The lowest BCUT2D eigenvalue weighted by Gasteiger charge is -2.16. The van der Waals surface area contributed by atoms with Gasteiger partial charge in [-0.05, 0) is 11.5 Å². The van der Waals surface area contributed by atoms with Gasteiger partial charge in [0.15, 0.2) is 4.34 Å². The van der Waals surface area contributed by atoms with E-state index in [0.29, 0.717) is 5.13 Å². The van der Waals surface area contributed by atoms with E-state index in [1.54, 1.807) is 11.8 Å². The van der Waals surface area contributed by atoms with E-state index in [1.165, 1.54) is 16.9 Å². The molecule has 22 heavy (non-hydrogen) atoms. The molecule has 0 fully saturated rings. The molecule has 0 aliphatic rings. The Morgan fingerprint density at radius 3 is 2.77 bits per heavy atom. The van der Waals surface area contributed by atoms with Gasteiger partial charge < -0.3 is 5.73 Å². The number of nitrogens with one attached hydrogen (secondary N) is 1. The van der Waals surface area contributed by atoms with Gasteiger partial charge >= 0.3 is 0 Å². The maximum atomic E-state index is 12.0. The van der Waals surface area contributed by atoms with E-state index in [9.17, 15) is 4.79 Å². The van der Waals surface area contributed by atoms with Gasteiger partial charge in [-0.15, -0.1) is 10.2 Å². The number of hydrogen-bond acceptors (Lipinski definition) is 6. The Hall–Kier alpha value is -1.44. The van der Waals surface area contributed by atoms with Gasteiger partial charge in [0.25, 0.3) is 0 Å². The van der Waals surface area contributed by atoms with Crippen molar-refractivity contribution in [1.82, 2.24) is 10.2 Å². The number of hydrogen-bond donors (Lipinski definition) is 2. The van der Waals surface area contributed by atoms with Crippen LogP contribution in [0.15, 0.2) is 34.7 Å². The van der Waals surface area contributed by atoms with Crippen molar-refractivity contribution in [2.75, 3.05) is 5.32 Å². The molecule has 5 nitrogen and oxygen atoms in total. The van der Waals surface area contributed by atoms with Crippen LogP contribution in [0.25, 0.3) is 0 Å². The normalized spacial score (nSPS) is 13.6. The molecule has 0 spiro atoms. The fraction of sp³-hybridized carbons (Fsp3) is 0.400. The molecule has 0 saturated heterocycles. The van der Waals surface area contributed by atoms with Crippen LogP contribution in [-0.4, -0.2) is 22.1 Å². The average Bonchev–Trinajstić information content (AvgIpc) is 2.99. The molecule has 0 radical (unpaired) electrons. The van der Waals surface area contributed by atoms with Crippen LogP contribution in [-0.2, 0) is 10.5 Å². The van der Waals surface area contributed by atoms with Crippen molar-refractivity contribution in [3.05, 3.63) is 35.9 Å². The number of nitrogens with zero attached hydrogens (tertiary/aromatic N) is 2. The highest BCUT2D eigenvalue weighted by Crippen LogP contribution is 2.28. The van der Waals surface area contributed by atoms with Crippen LogP contribution in [0.3, 0.4) is 0 Å². The number of amides is 1. The molecule has 2 rings (SSSR count). The molecule has 1 aromatic heterocycles. The molecule has 2 aromatic rings. The second kappa shape index (κ2) is 8.26. The summed E-state index contributed by atoms with van der Waals surface area (Å²) in [5, 5.41) is 11.3. The van der Waals surface area contributed by atoms with Crippen molar-refractivity contribution in [3.63, 3.8) is 0 Å². The quantitative estimate of drug-likeness (QED) is 0.600. The summed E-state index contributed by atoms with van der Waals surface area (Å²) in [6.07, 6.45) is 0.864. The Morgan fingerprint density at radius 1 is 1.36 bits per heavy atom. The van der Waals surface area contributed by atoms with E-state index in [-0.39, 0.29) is 11.8 Å². The summed E-state index contributed by atoms with van der Waals surface area (Å²) in [4.78, 5) is 12.0. The van der Waals surface area contributed by atoms with Gasteiger partial charge in [0.2, 0.25) is 11.0 Å². The van der Waals surface area contributed by atoms with Gasteiger partial charge in [0.1, 0.15) is 0 Å². The topological polar surface area (TPSA) is 80.9 Å². The molecule has 3 N–H and O–H groups in total. The van der Waals surface area contributed by atoms with E-state index in [2.05, 4.69) is 27.6 Å². The number of thioether (sulfide) groups is 1. The van der Waals surface area contributed by atoms with Crippen LogP contribution >= 0.6 is 23.1 Å². The number of carbonyl (C=O) groups is 1. The van der Waals surface area contributed by atoms with E-state index in [1.807, 2.05) is 32.0 Å². The molecular formula is C15H20N4OS2. The smallest absolute Gasteiger partial charge is 0.243 e. The third-order valence-corrected chi connectivity index (χ3v) is 5.44. The number of benzene rings is 1. The number of anilines is 1. The van der Waals surface area contributed by atoms with E-state index >= 15 is 0 Å². The van der Waals surface area contributed by atoms with Gasteiger partial charge in [-0.1, -0.05) is 73.7 Å². The van der Waals surface area contributed by atoms with Crippen LogP contribution in [0, 0.1) is 5.92 Å². The first-order valence-corrected chi connectivity index (χ1v) is 8.97. The van der Waals surface area contributed by atoms with Crippen LogP contribution in [0.1, 0.15) is 25.8 Å². The number of nitrogens with two attached hydrogens (primary N) is 1. The molecule has 1 aromatic carbocycles. The zero-order chi connectivity index (χ0) is 15.9. The number of rotatable bonds is 7. The molecule has 118 valence electrons. The van der Waals surface area contributed by atoms with Crippen LogP contribution in [0.5, 0.6) is 0 Å². The van der Waals surface area contributed by atoms with Gasteiger partial charge in [-0.25, -0.2) is 0 Å². The number of aromatic nitrogens is 2. The standard InChI is InChI=1S/C15H20N4OS2/c1-3-10(2)12(16)13(20)17-14-18-19-15(22-14)21-9-11-7-5-4-6-8-11/h4-8,10,12H,3,9,16H2,1-2H3,(H,17,18,20). The minimum absolute atomic E-state index is 0.139. The first-order valence-electron chi connectivity index (χ1n) is 7.16. The summed E-state index contributed by atoms with van der Waals surface area (Å²) in [7, 11) is 0. The van der Waals surface area contributed by atoms with Crippen molar-refractivity contribution >= 4 is 34.1 Å². The largest absolute Gasteiger partial charge is 0.320 e. The maximum Gasteiger partial charge on any atom is 0.243 e. The average molecular weight is 336 g/mol. The summed E-state index contributed by atoms with van der Waals surface area (Å²) in [6.45, 7) is 3.98. The lowest BCUT2D eigenvalue weighted by Crippen LogP contribution is -2.40. The molecular weight excluding hydrogens is 316 g/mol. The zero-order valence-electron chi connectivity index (χ0n) is 12.7. The second-order valence-corrected chi connectivity index (χ2v) is 7.25. The summed E-state index contributed by atoms with van der Waals surface area (Å²) in [6, 6.07) is 9.64. The predicted molar refractivity (Wildman–Crippen MR) is 92.0 cm³/mol. The molecule has 1 heterocycles. The van der Waals surface area contributed by atoms with Gasteiger partial charge in [0, 0.05) is 5.75 Å². The van der Waals surface area contributed by atoms with E-state index in [0.717, 1.165) is 16.5 Å². The molecule has 2 atom stereocenters. The molecule has 2 unspecified atom stereocenters. The molecule has 7 heteroatoms. The van der Waals surface area contributed by atoms with E-state index in [4.69, 9.17) is 5.73 Å². The Bertz CT molecular complexity index is 603. The summed E-state index contributed by atoms with van der Waals surface area (Å²) in [5.41, 5.74) is 7.13. The fourth-order valence-corrected chi connectivity index (χ4v) is 3.45. The first-order chi connectivity index (χ1) is 10.6. The maximum absolute atomic E-state index is 12.0. The van der Waals surface area contributed by atoms with Crippen molar-refractivity contribution in [2.24, 2.45) is 11.7 Å². The number of carbonyl (C=O) groups excluding carboxylic acids is 1.